The SMILES string of the molecule is CN(C(=O)COC1(C)CNC1)c1ccc([N+](=O)[O-])cc1. The second kappa shape index (κ2) is 5.56. The Hall–Kier alpha value is -1.99. The fourth-order valence-electron chi connectivity index (χ4n) is 1.85. The van der Waals surface area contributed by atoms with Crippen LogP contribution in [0.15, 0.2) is 24.3 Å². The van der Waals surface area contributed by atoms with Gasteiger partial charge in [-0.15, -0.1) is 0 Å². The fourth-order valence-corrected chi connectivity index (χ4v) is 1.85. The highest BCUT2D eigenvalue weighted by Crippen LogP contribution is 2.19. The number of nitro benzene ring substituents is 1. The van der Waals surface area contributed by atoms with Crippen molar-refractivity contribution in [3.05, 3.63) is 34.4 Å². The molecule has 1 amide bonds. The van der Waals surface area contributed by atoms with Crippen molar-refractivity contribution in [1.82, 2.24) is 5.32 Å². The van der Waals surface area contributed by atoms with Gasteiger partial charge in [-0.3, -0.25) is 14.9 Å². The molecule has 1 aliphatic rings. The molecule has 1 aromatic carbocycles. The normalized spacial score (nSPS) is 16.3. The van der Waals surface area contributed by atoms with Gasteiger partial charge in [-0.2, -0.15) is 0 Å². The van der Waals surface area contributed by atoms with Crippen molar-refractivity contribution < 1.29 is 14.5 Å². The van der Waals surface area contributed by atoms with Crippen molar-refractivity contribution in [2.24, 2.45) is 0 Å². The Labute approximate surface area is 116 Å². The predicted octanol–water partition coefficient (Wildman–Crippen LogP) is 0.936. The standard InChI is InChI=1S/C13H17N3O4/c1-13(8-14-9-13)20-7-12(17)15(2)10-3-5-11(6-4-10)16(18)19/h3-6,14H,7-9H2,1-2H3. The summed E-state index contributed by atoms with van der Waals surface area (Å²) in [6.07, 6.45) is 0. The van der Waals surface area contributed by atoms with Gasteiger partial charge in [-0.25, -0.2) is 0 Å². The molecule has 1 aliphatic heterocycles. The van der Waals surface area contributed by atoms with Crippen LogP contribution in [0.25, 0.3) is 0 Å². The third kappa shape index (κ3) is 3.12. The topological polar surface area (TPSA) is 84.7 Å². The maximum absolute atomic E-state index is 12.0. The first-order valence-electron chi connectivity index (χ1n) is 6.27. The highest BCUT2D eigenvalue weighted by Gasteiger charge is 2.33. The van der Waals surface area contributed by atoms with E-state index in [0.29, 0.717) is 5.69 Å². The molecule has 1 saturated heterocycles. The Balaban J connectivity index is 1.93. The van der Waals surface area contributed by atoms with Gasteiger partial charge in [0, 0.05) is 38.0 Å². The maximum atomic E-state index is 12.0. The minimum absolute atomic E-state index is 0.00102. The van der Waals surface area contributed by atoms with E-state index in [1.165, 1.54) is 17.0 Å². The molecule has 108 valence electrons. The second-order valence-corrected chi connectivity index (χ2v) is 5.07. The van der Waals surface area contributed by atoms with Crippen LogP contribution in [0.3, 0.4) is 0 Å². The largest absolute Gasteiger partial charge is 0.363 e. The zero-order valence-corrected chi connectivity index (χ0v) is 11.5. The molecule has 0 aliphatic carbocycles. The Morgan fingerprint density at radius 1 is 1.45 bits per heavy atom. The molecular weight excluding hydrogens is 262 g/mol. The number of carbonyl (C=O) groups excluding carboxylic acids is 1. The molecule has 0 spiro atoms. The molecule has 1 heterocycles. The van der Waals surface area contributed by atoms with Gasteiger partial charge in [-0.05, 0) is 19.1 Å². The first kappa shape index (κ1) is 14.4. The number of amides is 1. The molecule has 1 fully saturated rings. The smallest absolute Gasteiger partial charge is 0.269 e. The minimum atomic E-state index is -0.473. The van der Waals surface area contributed by atoms with E-state index in [0.717, 1.165) is 13.1 Å². The number of likely N-dealkylation sites (N-methyl/N-ethyl adjacent to an activating group) is 1. The minimum Gasteiger partial charge on any atom is -0.363 e. The number of nitrogens with zero attached hydrogens (tertiary/aromatic N) is 2. The van der Waals surface area contributed by atoms with Crippen LogP contribution in [-0.2, 0) is 9.53 Å². The number of nitro groups is 1. The Morgan fingerprint density at radius 2 is 2.05 bits per heavy atom. The van der Waals surface area contributed by atoms with E-state index in [1.807, 2.05) is 6.92 Å². The van der Waals surface area contributed by atoms with Crippen LogP contribution < -0.4 is 10.2 Å². The zero-order valence-electron chi connectivity index (χ0n) is 11.5. The van der Waals surface area contributed by atoms with E-state index in [4.69, 9.17) is 4.74 Å². The average Bonchev–Trinajstić information content (AvgIpc) is 2.42. The Bertz CT molecular complexity index is 511. The summed E-state index contributed by atoms with van der Waals surface area (Å²) in [5, 5.41) is 13.7. The molecule has 1 aromatic rings. The Morgan fingerprint density at radius 3 is 2.50 bits per heavy atom. The number of hydrogen-bond donors (Lipinski definition) is 1. The Kier molecular flexibility index (Phi) is 4.01. The predicted molar refractivity (Wildman–Crippen MR) is 73.7 cm³/mol. The summed E-state index contributed by atoms with van der Waals surface area (Å²) in [4.78, 5) is 23.5. The van der Waals surface area contributed by atoms with Crippen LogP contribution >= 0.6 is 0 Å². The number of ether oxygens (including phenoxy) is 1. The van der Waals surface area contributed by atoms with E-state index in [2.05, 4.69) is 5.32 Å². The number of nitrogens with one attached hydrogen (secondary N) is 1. The molecule has 2 rings (SSSR count). The van der Waals surface area contributed by atoms with Gasteiger partial charge >= 0.3 is 0 Å². The molecule has 7 heteroatoms. The molecule has 0 atom stereocenters. The highest BCUT2D eigenvalue weighted by molar-refractivity contribution is 5.93. The average molecular weight is 279 g/mol. The second-order valence-electron chi connectivity index (χ2n) is 5.07. The summed E-state index contributed by atoms with van der Waals surface area (Å²) in [6.45, 7) is 3.41. The van der Waals surface area contributed by atoms with Gasteiger partial charge < -0.3 is 15.0 Å². The van der Waals surface area contributed by atoms with Crippen molar-refractivity contribution in [2.45, 2.75) is 12.5 Å². The summed E-state index contributed by atoms with van der Waals surface area (Å²) in [6, 6.07) is 5.83. The molecular formula is C13H17N3O4. The molecule has 0 unspecified atom stereocenters. The number of rotatable bonds is 5. The number of hydrogen-bond acceptors (Lipinski definition) is 5. The van der Waals surface area contributed by atoms with Crippen LogP contribution in [0.2, 0.25) is 0 Å². The number of non-ortho nitro benzene ring substituents is 1. The molecule has 0 aromatic heterocycles. The van der Waals surface area contributed by atoms with Gasteiger partial charge in [0.05, 0.1) is 10.5 Å². The van der Waals surface area contributed by atoms with E-state index in [-0.39, 0.29) is 23.8 Å². The number of benzene rings is 1. The van der Waals surface area contributed by atoms with Crippen LogP contribution in [0.4, 0.5) is 11.4 Å². The number of carbonyl (C=O) groups is 1. The third-order valence-electron chi connectivity index (χ3n) is 3.36. The fraction of sp³-hybridized carbons (Fsp3) is 0.462. The zero-order chi connectivity index (χ0) is 14.8. The summed E-state index contributed by atoms with van der Waals surface area (Å²) in [7, 11) is 1.62. The first-order valence-corrected chi connectivity index (χ1v) is 6.27. The van der Waals surface area contributed by atoms with Crippen molar-refractivity contribution in [3.8, 4) is 0 Å². The van der Waals surface area contributed by atoms with Crippen LogP contribution in [0, 0.1) is 10.1 Å². The maximum Gasteiger partial charge on any atom is 0.269 e. The molecule has 0 saturated carbocycles. The van der Waals surface area contributed by atoms with E-state index in [1.54, 1.807) is 19.2 Å². The van der Waals surface area contributed by atoms with Crippen molar-refractivity contribution in [2.75, 3.05) is 31.6 Å². The molecule has 0 radical (unpaired) electrons. The van der Waals surface area contributed by atoms with E-state index < -0.39 is 4.92 Å². The lowest BCUT2D eigenvalue weighted by molar-refractivity contribution is -0.384. The lowest BCUT2D eigenvalue weighted by Gasteiger charge is -2.39. The van der Waals surface area contributed by atoms with Crippen molar-refractivity contribution in [1.29, 1.82) is 0 Å². The van der Waals surface area contributed by atoms with Crippen molar-refractivity contribution >= 4 is 17.3 Å². The lowest BCUT2D eigenvalue weighted by Crippen LogP contribution is -2.59. The summed E-state index contributed by atoms with van der Waals surface area (Å²) >= 11 is 0. The monoisotopic (exact) mass is 279 g/mol. The van der Waals surface area contributed by atoms with E-state index >= 15 is 0 Å². The molecule has 1 N–H and O–H groups in total. The van der Waals surface area contributed by atoms with Gasteiger partial charge in [0.1, 0.15) is 6.61 Å². The van der Waals surface area contributed by atoms with E-state index in [9.17, 15) is 14.9 Å². The number of anilines is 1. The third-order valence-corrected chi connectivity index (χ3v) is 3.36. The quantitative estimate of drug-likeness (QED) is 0.640. The molecule has 20 heavy (non-hydrogen) atoms. The molecule has 0 bridgehead atoms. The van der Waals surface area contributed by atoms with Crippen LogP contribution in [0.1, 0.15) is 6.92 Å². The van der Waals surface area contributed by atoms with Gasteiger partial charge in [-0.1, -0.05) is 0 Å². The summed E-state index contributed by atoms with van der Waals surface area (Å²) in [5.41, 5.74) is 0.325. The highest BCUT2D eigenvalue weighted by atomic mass is 16.6. The summed E-state index contributed by atoms with van der Waals surface area (Å²) in [5.74, 6) is -0.188. The van der Waals surface area contributed by atoms with Crippen LogP contribution in [-0.4, -0.2) is 43.2 Å². The first-order chi connectivity index (χ1) is 9.41. The van der Waals surface area contributed by atoms with Crippen LogP contribution in [0.5, 0.6) is 0 Å². The summed E-state index contributed by atoms with van der Waals surface area (Å²) < 4.78 is 5.57. The van der Waals surface area contributed by atoms with Gasteiger partial charge in [0.25, 0.3) is 11.6 Å². The van der Waals surface area contributed by atoms with Crippen molar-refractivity contribution in [3.63, 3.8) is 0 Å². The molecule has 7 nitrogen and oxygen atoms in total. The lowest BCUT2D eigenvalue weighted by atomic mass is 10.0. The van der Waals surface area contributed by atoms with Gasteiger partial charge in [0.2, 0.25) is 0 Å². The van der Waals surface area contributed by atoms with Gasteiger partial charge in [0.15, 0.2) is 0 Å².